The zero-order chi connectivity index (χ0) is 12.2. The predicted octanol–water partition coefficient (Wildman–Crippen LogP) is 3.06. The van der Waals surface area contributed by atoms with E-state index >= 15 is 0 Å². The van der Waals surface area contributed by atoms with Crippen molar-refractivity contribution >= 4 is 24.8 Å². The van der Waals surface area contributed by atoms with Crippen LogP contribution < -0.4 is 5.32 Å². The van der Waals surface area contributed by atoms with Gasteiger partial charge < -0.3 is 5.32 Å². The minimum Gasteiger partial charge on any atom is -0.314 e. The highest BCUT2D eigenvalue weighted by atomic mass is 35.5. The standard InChI is InChI=1S/C15H23N3.2ClH/c1-2-5-13(4-1)15(14-6-3-7-17-12-14)18-10-8-16-9-11-18;;/h3,6-7,12-13,15-16H,1-2,4-5,8-11H2;2*1H/t15-;;/m0../s1. The number of hydrogen-bond acceptors (Lipinski definition) is 3. The minimum atomic E-state index is 0. The molecule has 114 valence electrons. The fourth-order valence-electron chi connectivity index (χ4n) is 3.57. The third kappa shape index (κ3) is 4.08. The molecule has 0 radical (unpaired) electrons. The summed E-state index contributed by atoms with van der Waals surface area (Å²) in [5, 5.41) is 3.45. The first kappa shape index (κ1) is 17.7. The van der Waals surface area contributed by atoms with Crippen molar-refractivity contribution in [1.82, 2.24) is 15.2 Å². The Bertz CT molecular complexity index is 363. The Morgan fingerprint density at radius 2 is 1.85 bits per heavy atom. The average Bonchev–Trinajstić information content (AvgIpc) is 2.95. The van der Waals surface area contributed by atoms with Crippen LogP contribution in [0, 0.1) is 5.92 Å². The first-order valence-corrected chi connectivity index (χ1v) is 7.30. The van der Waals surface area contributed by atoms with Gasteiger partial charge in [0.25, 0.3) is 0 Å². The number of aromatic nitrogens is 1. The van der Waals surface area contributed by atoms with Crippen LogP contribution in [-0.2, 0) is 0 Å². The lowest BCUT2D eigenvalue weighted by molar-refractivity contribution is 0.125. The molecule has 1 aromatic heterocycles. The number of halogens is 2. The molecule has 2 fully saturated rings. The van der Waals surface area contributed by atoms with Gasteiger partial charge in [0.15, 0.2) is 0 Å². The van der Waals surface area contributed by atoms with E-state index in [2.05, 4.69) is 33.5 Å². The second-order valence-corrected chi connectivity index (χ2v) is 5.56. The number of hydrogen-bond donors (Lipinski definition) is 1. The highest BCUT2D eigenvalue weighted by molar-refractivity contribution is 5.85. The Morgan fingerprint density at radius 3 is 2.45 bits per heavy atom. The summed E-state index contributed by atoms with van der Waals surface area (Å²) in [6.45, 7) is 4.61. The Morgan fingerprint density at radius 1 is 1.15 bits per heavy atom. The highest BCUT2D eigenvalue weighted by Gasteiger charge is 2.31. The second kappa shape index (κ2) is 8.83. The second-order valence-electron chi connectivity index (χ2n) is 5.56. The normalized spacial score (nSPS) is 21.8. The summed E-state index contributed by atoms with van der Waals surface area (Å²) >= 11 is 0. The molecule has 0 spiro atoms. The summed E-state index contributed by atoms with van der Waals surface area (Å²) in [6, 6.07) is 4.95. The van der Waals surface area contributed by atoms with Crippen LogP contribution >= 0.6 is 24.8 Å². The molecule has 3 nitrogen and oxygen atoms in total. The van der Waals surface area contributed by atoms with E-state index in [4.69, 9.17) is 0 Å². The van der Waals surface area contributed by atoms with Gasteiger partial charge in [-0.2, -0.15) is 0 Å². The molecule has 1 aliphatic carbocycles. The summed E-state index contributed by atoms with van der Waals surface area (Å²) in [5.74, 6) is 0.840. The van der Waals surface area contributed by atoms with Crippen LogP contribution in [0.3, 0.4) is 0 Å². The lowest BCUT2D eigenvalue weighted by Crippen LogP contribution is -2.46. The third-order valence-corrected chi connectivity index (χ3v) is 4.42. The number of nitrogens with one attached hydrogen (secondary N) is 1. The average molecular weight is 318 g/mol. The van der Waals surface area contributed by atoms with E-state index in [1.165, 1.54) is 44.3 Å². The van der Waals surface area contributed by atoms with E-state index in [0.717, 1.165) is 19.0 Å². The first-order valence-electron chi connectivity index (χ1n) is 7.30. The molecule has 0 unspecified atom stereocenters. The van der Waals surface area contributed by atoms with Gasteiger partial charge in [0, 0.05) is 44.6 Å². The maximum atomic E-state index is 4.33. The van der Waals surface area contributed by atoms with Gasteiger partial charge in [0.05, 0.1) is 0 Å². The predicted molar refractivity (Wildman–Crippen MR) is 87.9 cm³/mol. The van der Waals surface area contributed by atoms with Gasteiger partial charge in [-0.1, -0.05) is 18.9 Å². The van der Waals surface area contributed by atoms with Gasteiger partial charge in [0.2, 0.25) is 0 Å². The molecule has 2 heterocycles. The van der Waals surface area contributed by atoms with E-state index in [-0.39, 0.29) is 24.8 Å². The molecule has 0 bridgehead atoms. The minimum absolute atomic E-state index is 0. The molecule has 1 aliphatic heterocycles. The molecule has 1 saturated heterocycles. The van der Waals surface area contributed by atoms with Crippen molar-refractivity contribution in [1.29, 1.82) is 0 Å². The molecule has 5 heteroatoms. The fourth-order valence-corrected chi connectivity index (χ4v) is 3.57. The van der Waals surface area contributed by atoms with E-state index in [0.29, 0.717) is 6.04 Å². The lowest BCUT2D eigenvalue weighted by Gasteiger charge is -2.38. The molecular weight excluding hydrogens is 293 g/mol. The zero-order valence-corrected chi connectivity index (χ0v) is 13.5. The van der Waals surface area contributed by atoms with Crippen molar-refractivity contribution in [3.8, 4) is 0 Å². The Hall–Kier alpha value is -0.350. The number of rotatable bonds is 3. The zero-order valence-electron chi connectivity index (χ0n) is 11.8. The van der Waals surface area contributed by atoms with Gasteiger partial charge in [-0.05, 0) is 30.4 Å². The van der Waals surface area contributed by atoms with Gasteiger partial charge in [0.1, 0.15) is 0 Å². The quantitative estimate of drug-likeness (QED) is 0.928. The molecule has 1 N–H and O–H groups in total. The summed E-state index contributed by atoms with van der Waals surface area (Å²) in [7, 11) is 0. The fraction of sp³-hybridized carbons (Fsp3) is 0.667. The van der Waals surface area contributed by atoms with Gasteiger partial charge in [-0.15, -0.1) is 24.8 Å². The van der Waals surface area contributed by atoms with E-state index in [9.17, 15) is 0 Å². The maximum Gasteiger partial charge on any atom is 0.0392 e. The van der Waals surface area contributed by atoms with Crippen LogP contribution in [0.4, 0.5) is 0 Å². The largest absolute Gasteiger partial charge is 0.314 e. The molecule has 1 atom stereocenters. The van der Waals surface area contributed by atoms with Crippen molar-refractivity contribution in [2.45, 2.75) is 31.7 Å². The summed E-state index contributed by atoms with van der Waals surface area (Å²) in [5.41, 5.74) is 1.42. The number of piperazine rings is 1. The van der Waals surface area contributed by atoms with Gasteiger partial charge in [-0.3, -0.25) is 9.88 Å². The molecule has 2 aliphatic rings. The van der Waals surface area contributed by atoms with E-state index in [1.54, 1.807) is 0 Å². The topological polar surface area (TPSA) is 28.2 Å². The van der Waals surface area contributed by atoms with Crippen molar-refractivity contribution in [3.05, 3.63) is 30.1 Å². The van der Waals surface area contributed by atoms with E-state index in [1.807, 2.05) is 6.20 Å². The van der Waals surface area contributed by atoms with Crippen LogP contribution in [-0.4, -0.2) is 36.1 Å². The maximum absolute atomic E-state index is 4.33. The van der Waals surface area contributed by atoms with E-state index < -0.39 is 0 Å². The molecule has 3 rings (SSSR count). The molecular formula is C15H25Cl2N3. The monoisotopic (exact) mass is 317 g/mol. The summed E-state index contributed by atoms with van der Waals surface area (Å²) < 4.78 is 0. The molecule has 0 aromatic carbocycles. The SMILES string of the molecule is Cl.Cl.c1cncc([C@H](C2CCCC2)N2CCNCC2)c1. The highest BCUT2D eigenvalue weighted by Crippen LogP contribution is 2.39. The van der Waals surface area contributed by atoms with Crippen molar-refractivity contribution in [2.75, 3.05) is 26.2 Å². The number of pyridine rings is 1. The molecule has 20 heavy (non-hydrogen) atoms. The number of nitrogens with zero attached hydrogens (tertiary/aromatic N) is 2. The van der Waals surface area contributed by atoms with Crippen LogP contribution in [0.15, 0.2) is 24.5 Å². The van der Waals surface area contributed by atoms with Gasteiger partial charge >= 0.3 is 0 Å². The summed E-state index contributed by atoms with van der Waals surface area (Å²) in [4.78, 5) is 7.00. The third-order valence-electron chi connectivity index (χ3n) is 4.42. The molecule has 0 amide bonds. The van der Waals surface area contributed by atoms with Crippen LogP contribution in [0.25, 0.3) is 0 Å². The van der Waals surface area contributed by atoms with Crippen molar-refractivity contribution < 1.29 is 0 Å². The van der Waals surface area contributed by atoms with Gasteiger partial charge in [-0.25, -0.2) is 0 Å². The molecule has 1 aromatic rings. The smallest absolute Gasteiger partial charge is 0.0392 e. The van der Waals surface area contributed by atoms with Crippen molar-refractivity contribution in [2.24, 2.45) is 5.92 Å². The Kier molecular flexibility index (Phi) is 7.82. The van der Waals surface area contributed by atoms with Crippen LogP contribution in [0.5, 0.6) is 0 Å². The van der Waals surface area contributed by atoms with Crippen LogP contribution in [0.1, 0.15) is 37.3 Å². The summed E-state index contributed by atoms with van der Waals surface area (Å²) in [6.07, 6.45) is 9.56. The Balaban J connectivity index is 0.000001000. The van der Waals surface area contributed by atoms with Crippen LogP contribution in [0.2, 0.25) is 0 Å². The first-order chi connectivity index (χ1) is 8.95. The van der Waals surface area contributed by atoms with Crippen molar-refractivity contribution in [3.63, 3.8) is 0 Å². The lowest BCUT2D eigenvalue weighted by atomic mass is 9.90. The molecule has 1 saturated carbocycles. The Labute approximate surface area is 134 Å².